The third kappa shape index (κ3) is 4.70. The molecule has 0 spiro atoms. The van der Waals surface area contributed by atoms with Gasteiger partial charge in [-0.1, -0.05) is 0 Å². The van der Waals surface area contributed by atoms with E-state index in [0.717, 1.165) is 56.0 Å². The van der Waals surface area contributed by atoms with Crippen LogP contribution in [0.5, 0.6) is 0 Å². The van der Waals surface area contributed by atoms with Crippen molar-refractivity contribution in [2.24, 2.45) is 23.2 Å². The number of hydrogen-bond acceptors (Lipinski definition) is 3. The van der Waals surface area contributed by atoms with Gasteiger partial charge in [0.1, 0.15) is 0 Å². The first kappa shape index (κ1) is 22.7. The highest BCUT2D eigenvalue weighted by Gasteiger charge is 2.51. The van der Waals surface area contributed by atoms with Crippen LogP contribution in [0.25, 0.3) is 0 Å². The van der Waals surface area contributed by atoms with Crippen LogP contribution in [0.2, 0.25) is 0 Å². The van der Waals surface area contributed by atoms with Gasteiger partial charge in [-0.25, -0.2) is 0 Å². The molecule has 6 heteroatoms. The van der Waals surface area contributed by atoms with Crippen LogP contribution in [0.4, 0.5) is 11.4 Å². The molecule has 0 atom stereocenters. The number of rotatable bonds is 4. The number of halogens is 2. The Balaban J connectivity index is 0.00000120. The number of carbonyl (C=O) groups excluding carboxylic acids is 1. The molecule has 5 fully saturated rings. The SMILES string of the molecule is Cc1cc(N2CCNCC2)ccc1NC(=O)CC12CC3CC(CC(C3)C1)C2.Cl.Cl. The van der Waals surface area contributed by atoms with E-state index in [1.807, 2.05) is 0 Å². The monoisotopic (exact) mass is 439 g/mol. The number of aryl methyl sites for hydroxylation is 1. The average Bonchev–Trinajstić information content (AvgIpc) is 2.62. The van der Waals surface area contributed by atoms with E-state index in [1.54, 1.807) is 0 Å². The highest BCUT2D eigenvalue weighted by molar-refractivity contribution is 5.92. The summed E-state index contributed by atoms with van der Waals surface area (Å²) in [5.74, 6) is 2.95. The molecule has 0 aromatic heterocycles. The van der Waals surface area contributed by atoms with Crippen molar-refractivity contribution in [3.05, 3.63) is 23.8 Å². The minimum atomic E-state index is 0. The third-order valence-electron chi connectivity index (χ3n) is 7.67. The smallest absolute Gasteiger partial charge is 0.224 e. The van der Waals surface area contributed by atoms with E-state index in [0.29, 0.717) is 5.41 Å². The Labute approximate surface area is 187 Å². The number of hydrogen-bond donors (Lipinski definition) is 2. The first-order valence-electron chi connectivity index (χ1n) is 10.9. The minimum Gasteiger partial charge on any atom is -0.369 e. The molecule has 1 aliphatic heterocycles. The van der Waals surface area contributed by atoms with Crippen molar-refractivity contribution < 1.29 is 4.79 Å². The maximum absolute atomic E-state index is 12.9. The number of nitrogens with zero attached hydrogens (tertiary/aromatic N) is 1. The van der Waals surface area contributed by atoms with Crippen molar-refractivity contribution in [3.63, 3.8) is 0 Å². The summed E-state index contributed by atoms with van der Waals surface area (Å²) in [5.41, 5.74) is 3.75. The van der Waals surface area contributed by atoms with Gasteiger partial charge >= 0.3 is 0 Å². The maximum Gasteiger partial charge on any atom is 0.224 e. The predicted molar refractivity (Wildman–Crippen MR) is 125 cm³/mol. The first-order valence-corrected chi connectivity index (χ1v) is 10.9. The Hall–Kier alpha value is -0.970. The zero-order chi connectivity index (χ0) is 18.4. The van der Waals surface area contributed by atoms with Crippen LogP contribution in [-0.2, 0) is 4.79 Å². The van der Waals surface area contributed by atoms with Crippen LogP contribution >= 0.6 is 24.8 Å². The molecule has 1 aromatic rings. The minimum absolute atomic E-state index is 0. The lowest BCUT2D eigenvalue weighted by Gasteiger charge is -2.56. The fourth-order valence-electron chi connectivity index (χ4n) is 6.95. The van der Waals surface area contributed by atoms with Crippen molar-refractivity contribution in [2.45, 2.75) is 51.9 Å². The highest BCUT2D eigenvalue weighted by Crippen LogP contribution is 2.61. The molecule has 6 rings (SSSR count). The molecule has 29 heavy (non-hydrogen) atoms. The zero-order valence-electron chi connectivity index (χ0n) is 17.4. The molecular formula is C23H35Cl2N3O. The number of carbonyl (C=O) groups is 1. The molecule has 1 aromatic carbocycles. The molecule has 1 heterocycles. The summed E-state index contributed by atoms with van der Waals surface area (Å²) in [6, 6.07) is 6.49. The summed E-state index contributed by atoms with van der Waals surface area (Å²) in [5, 5.41) is 6.65. The molecule has 162 valence electrons. The van der Waals surface area contributed by atoms with Gasteiger partial charge < -0.3 is 15.5 Å². The van der Waals surface area contributed by atoms with Crippen molar-refractivity contribution in [3.8, 4) is 0 Å². The summed E-state index contributed by atoms with van der Waals surface area (Å²) >= 11 is 0. The summed E-state index contributed by atoms with van der Waals surface area (Å²) in [4.78, 5) is 15.3. The van der Waals surface area contributed by atoms with Crippen molar-refractivity contribution in [1.29, 1.82) is 0 Å². The van der Waals surface area contributed by atoms with Gasteiger partial charge in [-0.3, -0.25) is 4.79 Å². The Morgan fingerprint density at radius 3 is 2.21 bits per heavy atom. The zero-order valence-corrected chi connectivity index (χ0v) is 19.0. The second kappa shape index (κ2) is 9.03. The summed E-state index contributed by atoms with van der Waals surface area (Å²) in [6.45, 7) is 6.31. The molecule has 4 aliphatic carbocycles. The summed E-state index contributed by atoms with van der Waals surface area (Å²) in [7, 11) is 0. The Kier molecular flexibility index (Phi) is 7.07. The average molecular weight is 440 g/mol. The second-order valence-corrected chi connectivity index (χ2v) is 9.88. The summed E-state index contributed by atoms with van der Waals surface area (Å²) in [6.07, 6.45) is 8.94. The van der Waals surface area contributed by atoms with Crippen LogP contribution in [-0.4, -0.2) is 32.1 Å². The number of benzene rings is 1. The molecular weight excluding hydrogens is 405 g/mol. The lowest BCUT2D eigenvalue weighted by atomic mass is 9.49. The molecule has 0 radical (unpaired) electrons. The summed E-state index contributed by atoms with van der Waals surface area (Å²) < 4.78 is 0. The topological polar surface area (TPSA) is 44.4 Å². The first-order chi connectivity index (χ1) is 13.1. The van der Waals surface area contributed by atoms with E-state index in [1.165, 1.54) is 49.8 Å². The number of nitrogens with one attached hydrogen (secondary N) is 2. The molecule has 1 saturated heterocycles. The maximum atomic E-state index is 12.9. The fourth-order valence-corrected chi connectivity index (χ4v) is 6.95. The molecule has 4 bridgehead atoms. The Morgan fingerprint density at radius 2 is 1.66 bits per heavy atom. The molecule has 4 saturated carbocycles. The van der Waals surface area contributed by atoms with Gasteiger partial charge in [0, 0.05) is 44.0 Å². The van der Waals surface area contributed by atoms with E-state index in [9.17, 15) is 4.79 Å². The normalized spacial score (nSPS) is 32.3. The molecule has 0 unspecified atom stereocenters. The van der Waals surface area contributed by atoms with E-state index >= 15 is 0 Å². The number of amides is 1. The van der Waals surface area contributed by atoms with E-state index in [4.69, 9.17) is 0 Å². The van der Waals surface area contributed by atoms with Crippen molar-refractivity contribution >= 4 is 42.1 Å². The highest BCUT2D eigenvalue weighted by atomic mass is 35.5. The van der Waals surface area contributed by atoms with Gasteiger partial charge in [0.25, 0.3) is 0 Å². The second-order valence-electron chi connectivity index (χ2n) is 9.88. The van der Waals surface area contributed by atoms with E-state index in [-0.39, 0.29) is 30.7 Å². The molecule has 4 nitrogen and oxygen atoms in total. The van der Waals surface area contributed by atoms with Crippen LogP contribution < -0.4 is 15.5 Å². The standard InChI is InChI=1S/C23H33N3O.2ClH/c1-16-8-20(26-6-4-24-5-7-26)2-3-21(16)25-22(27)15-23-12-17-9-18(13-23)11-19(10-17)14-23;;/h2-3,8,17-19,24H,4-7,9-15H2,1H3,(H,25,27);2*1H. The number of anilines is 2. The Bertz CT molecular complexity index is 698. The third-order valence-corrected chi connectivity index (χ3v) is 7.67. The predicted octanol–water partition coefficient (Wildman–Crippen LogP) is 4.79. The lowest BCUT2D eigenvalue weighted by Crippen LogP contribution is -2.47. The van der Waals surface area contributed by atoms with Gasteiger partial charge in [-0.05, 0) is 92.4 Å². The van der Waals surface area contributed by atoms with E-state index < -0.39 is 0 Å². The van der Waals surface area contributed by atoms with Gasteiger partial charge in [0.2, 0.25) is 5.91 Å². The fraction of sp³-hybridized carbons (Fsp3) is 0.696. The van der Waals surface area contributed by atoms with Crippen molar-refractivity contribution in [1.82, 2.24) is 5.32 Å². The lowest BCUT2D eigenvalue weighted by molar-refractivity contribution is -0.124. The van der Waals surface area contributed by atoms with Crippen molar-refractivity contribution in [2.75, 3.05) is 36.4 Å². The molecule has 2 N–H and O–H groups in total. The van der Waals surface area contributed by atoms with E-state index in [2.05, 4.69) is 40.7 Å². The van der Waals surface area contributed by atoms with Gasteiger partial charge in [0.15, 0.2) is 0 Å². The number of piperazine rings is 1. The van der Waals surface area contributed by atoms with Crippen LogP contribution in [0.1, 0.15) is 50.5 Å². The molecule has 1 amide bonds. The van der Waals surface area contributed by atoms with Gasteiger partial charge in [-0.2, -0.15) is 0 Å². The van der Waals surface area contributed by atoms with Crippen LogP contribution in [0.3, 0.4) is 0 Å². The Morgan fingerprint density at radius 1 is 1.07 bits per heavy atom. The van der Waals surface area contributed by atoms with Gasteiger partial charge in [-0.15, -0.1) is 24.8 Å². The molecule has 5 aliphatic rings. The quantitative estimate of drug-likeness (QED) is 0.708. The van der Waals surface area contributed by atoms with Crippen LogP contribution in [0.15, 0.2) is 18.2 Å². The van der Waals surface area contributed by atoms with Gasteiger partial charge in [0.05, 0.1) is 0 Å². The van der Waals surface area contributed by atoms with Crippen LogP contribution in [0, 0.1) is 30.1 Å². The largest absolute Gasteiger partial charge is 0.369 e.